The molecule has 0 saturated carbocycles. The number of hydrogen-bond acceptors (Lipinski definition) is 4. The minimum Gasteiger partial charge on any atom is -0.258 e. The van der Waals surface area contributed by atoms with Crippen LogP contribution in [0.15, 0.2) is 48.8 Å². The molecule has 0 bridgehead atoms. The Labute approximate surface area is 134 Å². The first-order valence-corrected chi connectivity index (χ1v) is 7.07. The standard InChI is InChI=1S/C13H9Cl2N5O2/c14-12(15)10-11(20(21)22)13(18-8-4-7-16-18)17-19(10)9-5-2-1-3-6-9/h1-8,12H. The van der Waals surface area contributed by atoms with Gasteiger partial charge in [-0.2, -0.15) is 5.10 Å². The van der Waals surface area contributed by atoms with Crippen molar-refractivity contribution in [1.82, 2.24) is 19.6 Å². The Morgan fingerprint density at radius 2 is 1.91 bits per heavy atom. The largest absolute Gasteiger partial charge is 0.339 e. The Hall–Kier alpha value is -2.38. The van der Waals surface area contributed by atoms with Crippen LogP contribution in [0, 0.1) is 10.1 Å². The van der Waals surface area contributed by atoms with Crippen molar-refractivity contribution in [3.63, 3.8) is 0 Å². The number of rotatable bonds is 4. The third-order valence-electron chi connectivity index (χ3n) is 2.99. The van der Waals surface area contributed by atoms with Gasteiger partial charge < -0.3 is 0 Å². The van der Waals surface area contributed by atoms with E-state index in [2.05, 4.69) is 10.2 Å². The van der Waals surface area contributed by atoms with Gasteiger partial charge >= 0.3 is 5.69 Å². The molecule has 1 aromatic carbocycles. The highest BCUT2D eigenvalue weighted by Gasteiger charge is 2.33. The van der Waals surface area contributed by atoms with Gasteiger partial charge in [-0.05, 0) is 18.2 Å². The van der Waals surface area contributed by atoms with Crippen molar-refractivity contribution in [2.75, 3.05) is 0 Å². The van der Waals surface area contributed by atoms with Crippen LogP contribution in [0.5, 0.6) is 0 Å². The molecule has 0 saturated heterocycles. The highest BCUT2D eigenvalue weighted by atomic mass is 35.5. The maximum Gasteiger partial charge on any atom is 0.339 e. The number of para-hydroxylation sites is 1. The van der Waals surface area contributed by atoms with Crippen LogP contribution in [-0.4, -0.2) is 24.5 Å². The molecule has 0 atom stereocenters. The van der Waals surface area contributed by atoms with E-state index in [4.69, 9.17) is 23.2 Å². The minimum absolute atomic E-state index is 0.0557. The smallest absolute Gasteiger partial charge is 0.258 e. The van der Waals surface area contributed by atoms with Gasteiger partial charge in [0.1, 0.15) is 0 Å². The minimum atomic E-state index is -1.11. The number of halogens is 2. The highest BCUT2D eigenvalue weighted by molar-refractivity contribution is 6.44. The fraction of sp³-hybridized carbons (Fsp3) is 0.0769. The van der Waals surface area contributed by atoms with Crippen molar-refractivity contribution in [2.24, 2.45) is 0 Å². The van der Waals surface area contributed by atoms with Gasteiger partial charge in [0.25, 0.3) is 5.82 Å². The van der Waals surface area contributed by atoms with E-state index in [1.807, 2.05) is 6.07 Å². The summed E-state index contributed by atoms with van der Waals surface area (Å²) in [6.45, 7) is 0. The van der Waals surface area contributed by atoms with Crippen molar-refractivity contribution in [3.05, 3.63) is 64.6 Å². The van der Waals surface area contributed by atoms with Crippen LogP contribution in [-0.2, 0) is 0 Å². The average Bonchev–Trinajstić information content (AvgIpc) is 3.15. The van der Waals surface area contributed by atoms with Crippen LogP contribution in [0.1, 0.15) is 10.5 Å². The average molecular weight is 338 g/mol. The fourth-order valence-corrected chi connectivity index (χ4v) is 2.49. The van der Waals surface area contributed by atoms with E-state index < -0.39 is 9.76 Å². The zero-order valence-corrected chi connectivity index (χ0v) is 12.5. The summed E-state index contributed by atoms with van der Waals surface area (Å²) in [5.74, 6) is 0.0557. The quantitative estimate of drug-likeness (QED) is 0.415. The summed E-state index contributed by atoms with van der Waals surface area (Å²) in [5, 5.41) is 19.7. The van der Waals surface area contributed by atoms with Crippen LogP contribution in [0.3, 0.4) is 0 Å². The molecular formula is C13H9Cl2N5O2. The molecule has 0 amide bonds. The summed E-state index contributed by atoms with van der Waals surface area (Å²) in [7, 11) is 0. The van der Waals surface area contributed by atoms with Crippen molar-refractivity contribution in [1.29, 1.82) is 0 Å². The van der Waals surface area contributed by atoms with E-state index in [0.29, 0.717) is 5.69 Å². The zero-order valence-electron chi connectivity index (χ0n) is 11.0. The zero-order chi connectivity index (χ0) is 15.7. The van der Waals surface area contributed by atoms with Gasteiger partial charge in [0.15, 0.2) is 10.5 Å². The Balaban J connectivity index is 2.31. The number of benzene rings is 1. The second-order valence-electron chi connectivity index (χ2n) is 4.31. The molecule has 3 rings (SSSR count). The third-order valence-corrected chi connectivity index (χ3v) is 3.40. The first-order chi connectivity index (χ1) is 10.6. The van der Waals surface area contributed by atoms with E-state index in [1.165, 1.54) is 15.6 Å². The van der Waals surface area contributed by atoms with Gasteiger partial charge in [-0.15, -0.1) is 5.10 Å². The molecule has 0 fully saturated rings. The van der Waals surface area contributed by atoms with Crippen LogP contribution in [0.4, 0.5) is 5.69 Å². The number of aromatic nitrogens is 4. The Bertz CT molecular complexity index is 799. The van der Waals surface area contributed by atoms with Gasteiger partial charge in [0.2, 0.25) is 0 Å². The van der Waals surface area contributed by atoms with Crippen LogP contribution < -0.4 is 0 Å². The Kier molecular flexibility index (Phi) is 3.82. The van der Waals surface area contributed by atoms with Crippen molar-refractivity contribution in [3.8, 4) is 11.5 Å². The van der Waals surface area contributed by atoms with E-state index >= 15 is 0 Å². The molecule has 0 radical (unpaired) electrons. The topological polar surface area (TPSA) is 78.8 Å². The number of nitro groups is 1. The molecule has 0 aliphatic carbocycles. The van der Waals surface area contributed by atoms with E-state index in [9.17, 15) is 10.1 Å². The van der Waals surface area contributed by atoms with Gasteiger partial charge in [0.05, 0.1) is 10.6 Å². The summed E-state index contributed by atoms with van der Waals surface area (Å²) in [6, 6.07) is 10.6. The van der Waals surface area contributed by atoms with Crippen LogP contribution in [0.2, 0.25) is 0 Å². The molecule has 22 heavy (non-hydrogen) atoms. The summed E-state index contributed by atoms with van der Waals surface area (Å²) in [6.07, 6.45) is 3.07. The SMILES string of the molecule is O=[N+]([O-])c1c(-n2cccn2)nn(-c2ccccc2)c1C(Cl)Cl. The van der Waals surface area contributed by atoms with Gasteiger partial charge in [-0.25, -0.2) is 9.36 Å². The second kappa shape index (κ2) is 5.78. The summed E-state index contributed by atoms with van der Waals surface area (Å²) < 4.78 is 2.66. The monoisotopic (exact) mass is 337 g/mol. The van der Waals surface area contributed by atoms with Crippen LogP contribution >= 0.6 is 23.2 Å². The van der Waals surface area contributed by atoms with E-state index in [-0.39, 0.29) is 17.2 Å². The molecule has 3 aromatic rings. The molecule has 9 heteroatoms. The second-order valence-corrected chi connectivity index (χ2v) is 5.41. The van der Waals surface area contributed by atoms with E-state index in [1.54, 1.807) is 36.5 Å². The lowest BCUT2D eigenvalue weighted by Crippen LogP contribution is -2.03. The maximum atomic E-state index is 11.5. The number of hydrogen-bond donors (Lipinski definition) is 0. The van der Waals surface area contributed by atoms with Crippen LogP contribution in [0.25, 0.3) is 11.5 Å². The lowest BCUT2D eigenvalue weighted by molar-refractivity contribution is -0.385. The van der Waals surface area contributed by atoms with Crippen molar-refractivity contribution >= 4 is 28.9 Å². The third kappa shape index (κ3) is 2.44. The predicted octanol–water partition coefficient (Wildman–Crippen LogP) is 3.44. The van der Waals surface area contributed by atoms with Gasteiger partial charge in [-0.3, -0.25) is 10.1 Å². The molecule has 2 aromatic heterocycles. The first kappa shape index (κ1) is 14.6. The van der Waals surface area contributed by atoms with Crippen molar-refractivity contribution in [2.45, 2.75) is 4.84 Å². The normalized spacial score (nSPS) is 11.0. The molecule has 2 heterocycles. The highest BCUT2D eigenvalue weighted by Crippen LogP contribution is 2.37. The lowest BCUT2D eigenvalue weighted by Gasteiger charge is -2.06. The number of nitrogens with zero attached hydrogens (tertiary/aromatic N) is 5. The molecule has 0 unspecified atom stereocenters. The van der Waals surface area contributed by atoms with Gasteiger partial charge in [0, 0.05) is 12.4 Å². The molecule has 0 aliphatic heterocycles. The first-order valence-electron chi connectivity index (χ1n) is 6.20. The maximum absolute atomic E-state index is 11.5. The molecule has 0 spiro atoms. The Morgan fingerprint density at radius 1 is 1.18 bits per heavy atom. The molecule has 0 aliphatic rings. The van der Waals surface area contributed by atoms with Gasteiger partial charge in [-0.1, -0.05) is 41.4 Å². The molecule has 7 nitrogen and oxygen atoms in total. The van der Waals surface area contributed by atoms with Crippen molar-refractivity contribution < 1.29 is 4.92 Å². The van der Waals surface area contributed by atoms with E-state index in [0.717, 1.165) is 0 Å². The summed E-state index contributed by atoms with van der Waals surface area (Å²) in [4.78, 5) is 9.81. The Morgan fingerprint density at radius 3 is 2.45 bits per heavy atom. The molecular weight excluding hydrogens is 329 g/mol. The summed E-state index contributed by atoms with van der Waals surface area (Å²) >= 11 is 11.9. The molecule has 112 valence electrons. The summed E-state index contributed by atoms with van der Waals surface area (Å²) in [5.41, 5.74) is 0.429. The lowest BCUT2D eigenvalue weighted by atomic mass is 10.3. The molecule has 0 N–H and O–H groups in total. The fourth-order valence-electron chi connectivity index (χ4n) is 2.10. The predicted molar refractivity (Wildman–Crippen MR) is 81.8 cm³/mol. The number of alkyl halides is 2.